The highest BCUT2D eigenvalue weighted by molar-refractivity contribution is 9.10. The molecular formula is C10H6BrFO. The molecule has 3 heteroatoms. The Morgan fingerprint density at radius 3 is 2.31 bits per heavy atom. The Hall–Kier alpha value is -1.09. The molecule has 0 aliphatic heterocycles. The van der Waals surface area contributed by atoms with E-state index in [0.29, 0.717) is 4.67 Å². The van der Waals surface area contributed by atoms with Gasteiger partial charge in [0.15, 0.2) is 4.67 Å². The lowest BCUT2D eigenvalue weighted by Crippen LogP contribution is -1.74. The van der Waals surface area contributed by atoms with Crippen molar-refractivity contribution in [1.29, 1.82) is 0 Å². The van der Waals surface area contributed by atoms with Crippen molar-refractivity contribution in [2.45, 2.75) is 0 Å². The summed E-state index contributed by atoms with van der Waals surface area (Å²) in [7, 11) is 0. The van der Waals surface area contributed by atoms with Gasteiger partial charge in [-0.15, -0.1) is 0 Å². The zero-order valence-electron chi connectivity index (χ0n) is 6.63. The summed E-state index contributed by atoms with van der Waals surface area (Å²) in [5, 5.41) is 0. The summed E-state index contributed by atoms with van der Waals surface area (Å²) in [6.07, 6.45) is 1.62. The molecule has 0 spiro atoms. The molecule has 0 saturated heterocycles. The molecule has 0 N–H and O–H groups in total. The van der Waals surface area contributed by atoms with Crippen molar-refractivity contribution in [3.8, 4) is 11.1 Å². The van der Waals surface area contributed by atoms with Gasteiger partial charge in [0.1, 0.15) is 5.82 Å². The molecule has 0 bridgehead atoms. The van der Waals surface area contributed by atoms with E-state index in [-0.39, 0.29) is 5.82 Å². The maximum atomic E-state index is 12.6. The summed E-state index contributed by atoms with van der Waals surface area (Å²) in [5.41, 5.74) is 1.88. The largest absolute Gasteiger partial charge is 0.457 e. The quantitative estimate of drug-likeness (QED) is 0.739. The summed E-state index contributed by atoms with van der Waals surface area (Å²) in [5.74, 6) is -0.230. The fourth-order valence-corrected chi connectivity index (χ4v) is 1.44. The standard InChI is InChI=1S/C10H6BrFO/c11-10-5-8(6-13-10)7-1-3-9(12)4-2-7/h1-6H. The van der Waals surface area contributed by atoms with Crippen LogP contribution in [0.15, 0.2) is 45.7 Å². The van der Waals surface area contributed by atoms with Gasteiger partial charge in [-0.05, 0) is 39.7 Å². The molecule has 0 aliphatic rings. The van der Waals surface area contributed by atoms with E-state index >= 15 is 0 Å². The summed E-state index contributed by atoms with van der Waals surface area (Å²) >= 11 is 3.20. The van der Waals surface area contributed by atoms with Gasteiger partial charge in [-0.2, -0.15) is 0 Å². The van der Waals surface area contributed by atoms with Crippen LogP contribution in [0.5, 0.6) is 0 Å². The fraction of sp³-hybridized carbons (Fsp3) is 0. The van der Waals surface area contributed by atoms with Crippen LogP contribution in [-0.4, -0.2) is 0 Å². The molecule has 13 heavy (non-hydrogen) atoms. The number of rotatable bonds is 1. The van der Waals surface area contributed by atoms with Crippen LogP contribution in [0.3, 0.4) is 0 Å². The second-order valence-electron chi connectivity index (χ2n) is 2.65. The molecule has 0 atom stereocenters. The van der Waals surface area contributed by atoms with Crippen LogP contribution in [0.1, 0.15) is 0 Å². The molecule has 1 heterocycles. The molecule has 1 nitrogen and oxygen atoms in total. The average Bonchev–Trinajstić information content (AvgIpc) is 2.53. The Bertz CT molecular complexity index is 405. The van der Waals surface area contributed by atoms with Crippen LogP contribution in [-0.2, 0) is 0 Å². The first-order valence-electron chi connectivity index (χ1n) is 3.76. The van der Waals surface area contributed by atoms with Crippen molar-refractivity contribution in [2.24, 2.45) is 0 Å². The van der Waals surface area contributed by atoms with E-state index in [1.54, 1.807) is 18.4 Å². The lowest BCUT2D eigenvalue weighted by Gasteiger charge is -1.94. The minimum Gasteiger partial charge on any atom is -0.457 e. The van der Waals surface area contributed by atoms with E-state index in [0.717, 1.165) is 11.1 Å². The normalized spacial score (nSPS) is 10.3. The van der Waals surface area contributed by atoms with Gasteiger partial charge in [0, 0.05) is 5.56 Å². The average molecular weight is 241 g/mol. The monoisotopic (exact) mass is 240 g/mol. The van der Waals surface area contributed by atoms with Crippen molar-refractivity contribution >= 4 is 15.9 Å². The van der Waals surface area contributed by atoms with Crippen LogP contribution in [0.25, 0.3) is 11.1 Å². The number of halogens is 2. The highest BCUT2D eigenvalue weighted by Gasteiger charge is 2.01. The van der Waals surface area contributed by atoms with Gasteiger partial charge in [0.25, 0.3) is 0 Å². The first kappa shape index (κ1) is 8.51. The fourth-order valence-electron chi connectivity index (χ4n) is 1.10. The van der Waals surface area contributed by atoms with E-state index in [1.807, 2.05) is 6.07 Å². The van der Waals surface area contributed by atoms with Gasteiger partial charge in [-0.25, -0.2) is 4.39 Å². The van der Waals surface area contributed by atoms with E-state index < -0.39 is 0 Å². The number of hydrogen-bond donors (Lipinski definition) is 0. The molecule has 1 aromatic carbocycles. The lowest BCUT2D eigenvalue weighted by molar-refractivity contribution is 0.542. The zero-order valence-corrected chi connectivity index (χ0v) is 8.21. The minimum absolute atomic E-state index is 0.230. The Labute approximate surface area is 83.3 Å². The Morgan fingerprint density at radius 1 is 1.08 bits per heavy atom. The lowest BCUT2D eigenvalue weighted by atomic mass is 10.1. The topological polar surface area (TPSA) is 13.1 Å². The molecule has 0 unspecified atom stereocenters. The van der Waals surface area contributed by atoms with Crippen molar-refractivity contribution in [2.75, 3.05) is 0 Å². The molecule has 0 amide bonds. The third-order valence-corrected chi connectivity index (χ3v) is 2.16. The van der Waals surface area contributed by atoms with Crippen LogP contribution in [0.4, 0.5) is 4.39 Å². The van der Waals surface area contributed by atoms with Gasteiger partial charge in [-0.1, -0.05) is 12.1 Å². The van der Waals surface area contributed by atoms with E-state index in [9.17, 15) is 4.39 Å². The minimum atomic E-state index is -0.230. The second-order valence-corrected chi connectivity index (χ2v) is 3.43. The molecule has 66 valence electrons. The van der Waals surface area contributed by atoms with Gasteiger partial charge in [0.2, 0.25) is 0 Å². The Morgan fingerprint density at radius 2 is 1.77 bits per heavy atom. The molecule has 0 fully saturated rings. The second kappa shape index (κ2) is 3.34. The number of benzene rings is 1. The summed E-state index contributed by atoms with van der Waals surface area (Å²) in [6.45, 7) is 0. The van der Waals surface area contributed by atoms with Crippen LogP contribution in [0, 0.1) is 5.82 Å². The predicted octanol–water partition coefficient (Wildman–Crippen LogP) is 3.85. The van der Waals surface area contributed by atoms with Crippen LogP contribution >= 0.6 is 15.9 Å². The SMILES string of the molecule is Fc1ccc(-c2coc(Br)c2)cc1. The third kappa shape index (κ3) is 1.80. The molecule has 0 radical (unpaired) electrons. The van der Waals surface area contributed by atoms with Gasteiger partial charge in [-0.3, -0.25) is 0 Å². The highest BCUT2D eigenvalue weighted by atomic mass is 79.9. The Kier molecular flexibility index (Phi) is 2.19. The van der Waals surface area contributed by atoms with Crippen molar-refractivity contribution in [3.63, 3.8) is 0 Å². The molecule has 0 saturated carbocycles. The molecule has 2 aromatic rings. The smallest absolute Gasteiger partial charge is 0.169 e. The van der Waals surface area contributed by atoms with E-state index in [2.05, 4.69) is 15.9 Å². The number of hydrogen-bond acceptors (Lipinski definition) is 1. The van der Waals surface area contributed by atoms with Crippen LogP contribution < -0.4 is 0 Å². The molecule has 1 aromatic heterocycles. The van der Waals surface area contributed by atoms with Crippen molar-refractivity contribution < 1.29 is 8.81 Å². The highest BCUT2D eigenvalue weighted by Crippen LogP contribution is 2.24. The van der Waals surface area contributed by atoms with Crippen molar-refractivity contribution in [3.05, 3.63) is 47.1 Å². The molecule has 2 rings (SSSR count). The van der Waals surface area contributed by atoms with E-state index in [1.165, 1.54) is 12.1 Å². The maximum absolute atomic E-state index is 12.6. The van der Waals surface area contributed by atoms with Crippen molar-refractivity contribution in [1.82, 2.24) is 0 Å². The summed E-state index contributed by atoms with van der Waals surface area (Å²) < 4.78 is 18.3. The van der Waals surface area contributed by atoms with Crippen LogP contribution in [0.2, 0.25) is 0 Å². The maximum Gasteiger partial charge on any atom is 0.169 e. The van der Waals surface area contributed by atoms with Gasteiger partial charge < -0.3 is 4.42 Å². The molecular weight excluding hydrogens is 235 g/mol. The predicted molar refractivity (Wildman–Crippen MR) is 51.8 cm³/mol. The first-order valence-corrected chi connectivity index (χ1v) is 4.55. The number of furan rings is 1. The summed E-state index contributed by atoms with van der Waals surface area (Å²) in [6, 6.07) is 8.12. The molecule has 0 aliphatic carbocycles. The first-order chi connectivity index (χ1) is 6.25. The third-order valence-electron chi connectivity index (χ3n) is 1.75. The zero-order chi connectivity index (χ0) is 9.26. The summed E-state index contributed by atoms with van der Waals surface area (Å²) in [4.78, 5) is 0. The Balaban J connectivity index is 2.41. The van der Waals surface area contributed by atoms with Gasteiger partial charge in [0.05, 0.1) is 6.26 Å². The van der Waals surface area contributed by atoms with Gasteiger partial charge >= 0.3 is 0 Å². The van der Waals surface area contributed by atoms with E-state index in [4.69, 9.17) is 4.42 Å².